The molecule has 0 aliphatic carbocycles. The fourth-order valence-corrected chi connectivity index (χ4v) is 5.00. The average molecular weight is 435 g/mol. The van der Waals surface area contributed by atoms with Gasteiger partial charge in [0.25, 0.3) is 5.91 Å². The standard InChI is InChI=1S/C21H18N6OS2/c1-14-6-2-3-7-15(14)21-22-25-26(24-21)13-20(28)27-17(19-9-5-11-30-19)12-16(23-27)18-8-4-10-29-18/h2-11,17H,12-13H2,1H3/t17-/m0/s1. The van der Waals surface area contributed by atoms with Gasteiger partial charge in [0.05, 0.1) is 16.6 Å². The molecule has 0 bridgehead atoms. The van der Waals surface area contributed by atoms with Crippen molar-refractivity contribution in [1.82, 2.24) is 25.2 Å². The summed E-state index contributed by atoms with van der Waals surface area (Å²) >= 11 is 3.27. The van der Waals surface area contributed by atoms with E-state index in [1.165, 1.54) is 4.80 Å². The van der Waals surface area contributed by atoms with Gasteiger partial charge < -0.3 is 0 Å². The molecule has 1 aromatic carbocycles. The Bertz CT molecular complexity index is 1200. The summed E-state index contributed by atoms with van der Waals surface area (Å²) in [4.78, 5) is 16.7. The van der Waals surface area contributed by atoms with E-state index in [0.717, 1.165) is 26.6 Å². The van der Waals surface area contributed by atoms with Crippen LogP contribution in [0.5, 0.6) is 0 Å². The fraction of sp³-hybridized carbons (Fsp3) is 0.190. The molecule has 0 saturated heterocycles. The van der Waals surface area contributed by atoms with E-state index in [1.54, 1.807) is 27.7 Å². The molecule has 0 fully saturated rings. The molecule has 150 valence electrons. The Labute approximate surface area is 181 Å². The highest BCUT2D eigenvalue weighted by atomic mass is 32.1. The van der Waals surface area contributed by atoms with Gasteiger partial charge in [0.15, 0.2) is 0 Å². The normalized spacial score (nSPS) is 16.1. The van der Waals surface area contributed by atoms with Crippen LogP contribution in [0.25, 0.3) is 11.4 Å². The van der Waals surface area contributed by atoms with Crippen molar-refractivity contribution in [3.63, 3.8) is 0 Å². The van der Waals surface area contributed by atoms with Crippen LogP contribution in [0.3, 0.4) is 0 Å². The van der Waals surface area contributed by atoms with Crippen LogP contribution in [0.15, 0.2) is 64.4 Å². The lowest BCUT2D eigenvalue weighted by Crippen LogP contribution is -2.30. The quantitative estimate of drug-likeness (QED) is 0.473. The number of nitrogens with zero attached hydrogens (tertiary/aromatic N) is 6. The van der Waals surface area contributed by atoms with Gasteiger partial charge in [-0.2, -0.15) is 9.90 Å². The lowest BCUT2D eigenvalue weighted by atomic mass is 10.1. The van der Waals surface area contributed by atoms with Crippen molar-refractivity contribution in [3.8, 4) is 11.4 Å². The Morgan fingerprint density at radius 2 is 1.93 bits per heavy atom. The molecule has 4 heterocycles. The van der Waals surface area contributed by atoms with E-state index >= 15 is 0 Å². The van der Waals surface area contributed by atoms with Gasteiger partial charge in [-0.25, -0.2) is 5.01 Å². The minimum Gasteiger partial charge on any atom is -0.271 e. The Morgan fingerprint density at radius 3 is 2.70 bits per heavy atom. The number of hydrogen-bond acceptors (Lipinski definition) is 7. The number of benzene rings is 1. The highest BCUT2D eigenvalue weighted by Gasteiger charge is 2.34. The largest absolute Gasteiger partial charge is 0.271 e. The molecule has 7 nitrogen and oxygen atoms in total. The lowest BCUT2D eigenvalue weighted by Gasteiger charge is -2.20. The molecule has 1 atom stereocenters. The van der Waals surface area contributed by atoms with Crippen molar-refractivity contribution in [2.75, 3.05) is 0 Å². The molecule has 5 rings (SSSR count). The Morgan fingerprint density at radius 1 is 1.10 bits per heavy atom. The van der Waals surface area contributed by atoms with E-state index in [2.05, 4.69) is 20.5 Å². The predicted octanol–water partition coefficient (Wildman–Crippen LogP) is 4.15. The molecular weight excluding hydrogens is 416 g/mol. The minimum atomic E-state index is -0.159. The van der Waals surface area contributed by atoms with E-state index in [1.807, 2.05) is 66.2 Å². The molecule has 0 spiro atoms. The Balaban J connectivity index is 1.39. The first-order valence-electron chi connectivity index (χ1n) is 9.49. The Kier molecular flexibility index (Phi) is 4.97. The zero-order valence-electron chi connectivity index (χ0n) is 16.2. The van der Waals surface area contributed by atoms with Crippen molar-refractivity contribution in [1.29, 1.82) is 0 Å². The van der Waals surface area contributed by atoms with Crippen molar-refractivity contribution in [2.24, 2.45) is 5.10 Å². The van der Waals surface area contributed by atoms with E-state index in [4.69, 9.17) is 0 Å². The van der Waals surface area contributed by atoms with Gasteiger partial charge in [-0.3, -0.25) is 4.79 Å². The van der Waals surface area contributed by atoms with Crippen LogP contribution in [-0.2, 0) is 11.3 Å². The number of aryl methyl sites for hydroxylation is 1. The van der Waals surface area contributed by atoms with Crippen molar-refractivity contribution < 1.29 is 4.79 Å². The highest BCUT2D eigenvalue weighted by molar-refractivity contribution is 7.12. The molecule has 30 heavy (non-hydrogen) atoms. The number of aromatic nitrogens is 4. The molecule has 0 radical (unpaired) electrons. The monoisotopic (exact) mass is 434 g/mol. The summed E-state index contributed by atoms with van der Waals surface area (Å²) in [6.45, 7) is 1.99. The number of amides is 1. The summed E-state index contributed by atoms with van der Waals surface area (Å²) in [6.07, 6.45) is 0.700. The second-order valence-electron chi connectivity index (χ2n) is 6.96. The molecule has 1 aliphatic heterocycles. The smallest absolute Gasteiger partial charge is 0.266 e. The van der Waals surface area contributed by atoms with Gasteiger partial charge in [0.2, 0.25) is 5.82 Å². The summed E-state index contributed by atoms with van der Waals surface area (Å²) in [6, 6.07) is 15.8. The molecule has 1 aliphatic rings. The number of hydrogen-bond donors (Lipinski definition) is 0. The van der Waals surface area contributed by atoms with E-state index < -0.39 is 0 Å². The molecular formula is C21H18N6OS2. The van der Waals surface area contributed by atoms with Crippen molar-refractivity contribution in [2.45, 2.75) is 25.9 Å². The second-order valence-corrected chi connectivity index (χ2v) is 8.88. The van der Waals surface area contributed by atoms with Crippen LogP contribution in [0.4, 0.5) is 0 Å². The van der Waals surface area contributed by atoms with Crippen molar-refractivity contribution >= 4 is 34.3 Å². The van der Waals surface area contributed by atoms with Gasteiger partial charge in [0.1, 0.15) is 6.54 Å². The van der Waals surface area contributed by atoms with Gasteiger partial charge >= 0.3 is 0 Å². The number of hydrazone groups is 1. The lowest BCUT2D eigenvalue weighted by molar-refractivity contribution is -0.134. The zero-order valence-corrected chi connectivity index (χ0v) is 17.8. The number of tetrazole rings is 1. The molecule has 0 saturated carbocycles. The van der Waals surface area contributed by atoms with Crippen LogP contribution >= 0.6 is 22.7 Å². The van der Waals surface area contributed by atoms with E-state index in [9.17, 15) is 4.79 Å². The Hall–Kier alpha value is -3.17. The van der Waals surface area contributed by atoms with Crippen LogP contribution in [0.1, 0.15) is 27.8 Å². The number of carbonyl (C=O) groups is 1. The van der Waals surface area contributed by atoms with Gasteiger partial charge in [-0.15, -0.1) is 32.9 Å². The van der Waals surface area contributed by atoms with E-state index in [-0.39, 0.29) is 18.5 Å². The van der Waals surface area contributed by atoms with Crippen LogP contribution in [0.2, 0.25) is 0 Å². The molecule has 1 amide bonds. The summed E-state index contributed by atoms with van der Waals surface area (Å²) in [7, 11) is 0. The summed E-state index contributed by atoms with van der Waals surface area (Å²) in [5.41, 5.74) is 2.90. The topological polar surface area (TPSA) is 76.3 Å². The van der Waals surface area contributed by atoms with Crippen molar-refractivity contribution in [3.05, 3.63) is 74.6 Å². The number of thiophene rings is 2. The highest BCUT2D eigenvalue weighted by Crippen LogP contribution is 2.36. The van der Waals surface area contributed by atoms with Gasteiger partial charge in [-0.05, 0) is 40.6 Å². The SMILES string of the molecule is Cc1ccccc1-c1nnn(CC(=O)N2N=C(c3cccs3)C[C@H]2c2cccs2)n1. The van der Waals surface area contributed by atoms with E-state index in [0.29, 0.717) is 12.2 Å². The first-order chi connectivity index (χ1) is 14.7. The third-order valence-corrected chi connectivity index (χ3v) is 6.85. The van der Waals surface area contributed by atoms with Crippen LogP contribution < -0.4 is 0 Å². The maximum Gasteiger partial charge on any atom is 0.266 e. The third kappa shape index (κ3) is 3.57. The average Bonchev–Trinajstić information content (AvgIpc) is 3.54. The summed E-state index contributed by atoms with van der Waals surface area (Å²) < 4.78 is 0. The predicted molar refractivity (Wildman–Crippen MR) is 117 cm³/mol. The maximum atomic E-state index is 13.1. The van der Waals surface area contributed by atoms with Gasteiger partial charge in [0, 0.05) is 16.9 Å². The molecule has 0 unspecified atom stereocenters. The molecule has 3 aromatic heterocycles. The maximum absolute atomic E-state index is 13.1. The minimum absolute atomic E-state index is 0.0119. The zero-order chi connectivity index (χ0) is 20.5. The third-order valence-electron chi connectivity index (χ3n) is 4.96. The van der Waals surface area contributed by atoms with Crippen LogP contribution in [0, 0.1) is 6.92 Å². The number of carbonyl (C=O) groups excluding carboxylic acids is 1. The van der Waals surface area contributed by atoms with Crippen LogP contribution in [-0.4, -0.2) is 36.8 Å². The molecule has 0 N–H and O–H groups in total. The summed E-state index contributed by atoms with van der Waals surface area (Å²) in [5, 5.41) is 22.9. The summed E-state index contributed by atoms with van der Waals surface area (Å²) in [5.74, 6) is 0.355. The first kappa shape index (κ1) is 18.8. The molecule has 4 aromatic rings. The second kappa shape index (κ2) is 7.92. The first-order valence-corrected chi connectivity index (χ1v) is 11.3. The number of rotatable bonds is 5. The molecule has 9 heteroatoms. The van der Waals surface area contributed by atoms with Gasteiger partial charge in [-0.1, -0.05) is 36.4 Å². The fourth-order valence-electron chi connectivity index (χ4n) is 3.47.